The van der Waals surface area contributed by atoms with Gasteiger partial charge in [0.05, 0.1) is 11.4 Å². The molecule has 0 fully saturated rings. The van der Waals surface area contributed by atoms with Crippen molar-refractivity contribution in [3.8, 4) is 0 Å². The summed E-state index contributed by atoms with van der Waals surface area (Å²) < 4.78 is 3.77. The molecule has 2 heterocycles. The molecule has 0 aliphatic heterocycles. The van der Waals surface area contributed by atoms with E-state index >= 15 is 0 Å². The number of nitrogens with zero attached hydrogens (tertiary/aromatic N) is 4. The lowest BCUT2D eigenvalue weighted by Crippen LogP contribution is -1.96. The summed E-state index contributed by atoms with van der Waals surface area (Å²) in [4.78, 5) is 4.26. The third-order valence-electron chi connectivity index (χ3n) is 2.41. The van der Waals surface area contributed by atoms with Gasteiger partial charge in [-0.3, -0.25) is 4.68 Å². The Morgan fingerprint density at radius 1 is 1.44 bits per heavy atom. The molecule has 86 valence electrons. The van der Waals surface area contributed by atoms with Gasteiger partial charge >= 0.3 is 0 Å². The van der Waals surface area contributed by atoms with Gasteiger partial charge in [0.25, 0.3) is 0 Å². The van der Waals surface area contributed by atoms with Gasteiger partial charge in [0.1, 0.15) is 5.03 Å². The first-order chi connectivity index (χ1) is 7.63. The summed E-state index contributed by atoms with van der Waals surface area (Å²) in [7, 11) is 3.86. The highest BCUT2D eigenvalue weighted by molar-refractivity contribution is 7.99. The summed E-state index contributed by atoms with van der Waals surface area (Å²) in [5.41, 5.74) is 7.75. The van der Waals surface area contributed by atoms with Gasteiger partial charge in [-0.05, 0) is 18.2 Å². The Morgan fingerprint density at radius 3 is 2.69 bits per heavy atom. The molecule has 2 N–H and O–H groups in total. The van der Waals surface area contributed by atoms with Crippen molar-refractivity contribution in [2.24, 2.45) is 14.1 Å². The van der Waals surface area contributed by atoms with E-state index in [-0.39, 0.29) is 0 Å². The highest BCUT2D eigenvalue weighted by Gasteiger charge is 2.14. The second kappa shape index (κ2) is 4.21. The number of imidazole rings is 1. The SMILES string of the molecule is CCc1nn(C)c(Sc2nccn2C)c1N. The Labute approximate surface area is 98.7 Å². The molecule has 0 unspecified atom stereocenters. The quantitative estimate of drug-likeness (QED) is 0.877. The van der Waals surface area contributed by atoms with Crippen molar-refractivity contribution in [3.05, 3.63) is 18.1 Å². The lowest BCUT2D eigenvalue weighted by Gasteiger charge is -2.02. The topological polar surface area (TPSA) is 61.7 Å². The van der Waals surface area contributed by atoms with E-state index in [1.54, 1.807) is 6.20 Å². The number of hydrogen-bond donors (Lipinski definition) is 1. The summed E-state index contributed by atoms with van der Waals surface area (Å²) in [6, 6.07) is 0. The van der Waals surface area contributed by atoms with E-state index in [0.29, 0.717) is 0 Å². The fourth-order valence-electron chi connectivity index (χ4n) is 1.50. The fourth-order valence-corrected chi connectivity index (χ4v) is 2.39. The zero-order valence-corrected chi connectivity index (χ0v) is 10.5. The average Bonchev–Trinajstić information content (AvgIpc) is 2.77. The predicted molar refractivity (Wildman–Crippen MR) is 64.3 cm³/mol. The molecule has 0 bridgehead atoms. The van der Waals surface area contributed by atoms with Crippen molar-refractivity contribution in [1.82, 2.24) is 19.3 Å². The number of nitrogens with two attached hydrogens (primary N) is 1. The predicted octanol–water partition coefficient (Wildman–Crippen LogP) is 1.45. The van der Waals surface area contributed by atoms with Crippen LogP contribution in [0.2, 0.25) is 0 Å². The van der Waals surface area contributed by atoms with Crippen LogP contribution in [0.1, 0.15) is 12.6 Å². The van der Waals surface area contributed by atoms with Gasteiger partial charge in [-0.15, -0.1) is 0 Å². The van der Waals surface area contributed by atoms with Crippen LogP contribution in [0.4, 0.5) is 5.69 Å². The van der Waals surface area contributed by atoms with Crippen LogP contribution in [0.3, 0.4) is 0 Å². The van der Waals surface area contributed by atoms with E-state index in [2.05, 4.69) is 10.1 Å². The zero-order chi connectivity index (χ0) is 11.7. The molecule has 0 spiro atoms. The minimum absolute atomic E-state index is 0.762. The van der Waals surface area contributed by atoms with E-state index < -0.39 is 0 Å². The Bertz CT molecular complexity index is 499. The molecular formula is C10H15N5S. The number of nitrogen functional groups attached to an aromatic ring is 1. The fraction of sp³-hybridized carbons (Fsp3) is 0.400. The summed E-state index contributed by atoms with van der Waals surface area (Å²) >= 11 is 1.54. The van der Waals surface area contributed by atoms with Crippen LogP contribution in [0.15, 0.2) is 22.6 Å². The maximum absolute atomic E-state index is 6.04. The van der Waals surface area contributed by atoms with Crippen LogP contribution >= 0.6 is 11.8 Å². The summed E-state index contributed by atoms with van der Waals surface area (Å²) in [5, 5.41) is 6.24. The molecule has 2 aromatic rings. The van der Waals surface area contributed by atoms with E-state index in [9.17, 15) is 0 Å². The van der Waals surface area contributed by atoms with Crippen LogP contribution in [0.5, 0.6) is 0 Å². The molecule has 0 atom stereocenters. The lowest BCUT2D eigenvalue weighted by atomic mass is 10.3. The van der Waals surface area contributed by atoms with Crippen molar-refractivity contribution in [1.29, 1.82) is 0 Å². The van der Waals surface area contributed by atoms with E-state index in [1.165, 1.54) is 11.8 Å². The van der Waals surface area contributed by atoms with Crippen molar-refractivity contribution in [3.63, 3.8) is 0 Å². The molecule has 0 aromatic carbocycles. The van der Waals surface area contributed by atoms with Crippen LogP contribution in [-0.4, -0.2) is 19.3 Å². The molecule has 16 heavy (non-hydrogen) atoms. The second-order valence-corrected chi connectivity index (χ2v) is 4.52. The first kappa shape index (κ1) is 11.1. The molecule has 0 radical (unpaired) electrons. The molecule has 0 aliphatic rings. The molecule has 0 amide bonds. The molecular weight excluding hydrogens is 222 g/mol. The highest BCUT2D eigenvalue weighted by atomic mass is 32.2. The number of rotatable bonds is 3. The average molecular weight is 237 g/mol. The lowest BCUT2D eigenvalue weighted by molar-refractivity contribution is 0.684. The van der Waals surface area contributed by atoms with E-state index in [1.807, 2.05) is 36.5 Å². The summed E-state index contributed by atoms with van der Waals surface area (Å²) in [5.74, 6) is 0. The minimum atomic E-state index is 0.762. The van der Waals surface area contributed by atoms with Gasteiger partial charge in [0.15, 0.2) is 5.16 Å². The standard InChI is InChI=1S/C10H15N5S/c1-4-7-8(11)9(15(3)13-7)16-10-12-5-6-14(10)2/h5-6H,4,11H2,1-3H3. The van der Waals surface area contributed by atoms with Gasteiger partial charge in [-0.25, -0.2) is 4.98 Å². The number of aromatic nitrogens is 4. The van der Waals surface area contributed by atoms with Gasteiger partial charge in [-0.1, -0.05) is 6.92 Å². The summed E-state index contributed by atoms with van der Waals surface area (Å²) in [6.45, 7) is 2.05. The maximum Gasteiger partial charge on any atom is 0.174 e. The molecule has 2 rings (SSSR count). The molecule has 0 aliphatic carbocycles. The van der Waals surface area contributed by atoms with Crippen LogP contribution in [-0.2, 0) is 20.5 Å². The van der Waals surface area contributed by atoms with Crippen molar-refractivity contribution in [2.45, 2.75) is 23.5 Å². The molecule has 6 heteroatoms. The zero-order valence-electron chi connectivity index (χ0n) is 9.64. The van der Waals surface area contributed by atoms with Crippen molar-refractivity contribution < 1.29 is 0 Å². The van der Waals surface area contributed by atoms with Gasteiger partial charge in [0, 0.05) is 26.5 Å². The Morgan fingerprint density at radius 2 is 2.19 bits per heavy atom. The third-order valence-corrected chi connectivity index (χ3v) is 3.66. The first-order valence-corrected chi connectivity index (χ1v) is 5.91. The van der Waals surface area contributed by atoms with Crippen LogP contribution < -0.4 is 5.73 Å². The Kier molecular flexibility index (Phi) is 2.91. The monoisotopic (exact) mass is 237 g/mol. The maximum atomic E-state index is 6.04. The van der Waals surface area contributed by atoms with Gasteiger partial charge in [0.2, 0.25) is 0 Å². The van der Waals surface area contributed by atoms with Gasteiger partial charge in [-0.2, -0.15) is 5.10 Å². The Hall–Kier alpha value is -1.43. The van der Waals surface area contributed by atoms with Crippen LogP contribution in [0.25, 0.3) is 0 Å². The van der Waals surface area contributed by atoms with Crippen molar-refractivity contribution in [2.75, 3.05) is 5.73 Å². The number of hydrogen-bond acceptors (Lipinski definition) is 4. The Balaban J connectivity index is 2.35. The minimum Gasteiger partial charge on any atom is -0.395 e. The second-order valence-electron chi connectivity index (χ2n) is 3.57. The molecule has 0 saturated heterocycles. The van der Waals surface area contributed by atoms with Crippen molar-refractivity contribution >= 4 is 17.4 Å². The van der Waals surface area contributed by atoms with E-state index in [0.717, 1.165) is 28.0 Å². The third kappa shape index (κ3) is 1.80. The highest BCUT2D eigenvalue weighted by Crippen LogP contribution is 2.32. The number of anilines is 1. The molecule has 2 aromatic heterocycles. The smallest absolute Gasteiger partial charge is 0.174 e. The summed E-state index contributed by atoms with van der Waals surface area (Å²) in [6.07, 6.45) is 4.53. The van der Waals surface area contributed by atoms with E-state index in [4.69, 9.17) is 5.73 Å². The van der Waals surface area contributed by atoms with Gasteiger partial charge < -0.3 is 10.3 Å². The largest absolute Gasteiger partial charge is 0.395 e. The molecule has 0 saturated carbocycles. The number of aryl methyl sites for hydroxylation is 3. The molecule has 5 nitrogen and oxygen atoms in total. The normalized spacial score (nSPS) is 10.9. The van der Waals surface area contributed by atoms with Crippen LogP contribution in [0, 0.1) is 0 Å². The first-order valence-electron chi connectivity index (χ1n) is 5.10.